The van der Waals surface area contributed by atoms with Crippen LogP contribution in [-0.2, 0) is 6.18 Å². The van der Waals surface area contributed by atoms with Gasteiger partial charge in [0.2, 0.25) is 0 Å². The molecule has 134 valence electrons. The Morgan fingerprint density at radius 2 is 1.88 bits per heavy atom. The third kappa shape index (κ3) is 4.63. The van der Waals surface area contributed by atoms with Gasteiger partial charge in [0.1, 0.15) is 11.5 Å². The predicted octanol–water partition coefficient (Wildman–Crippen LogP) is 4.38. The van der Waals surface area contributed by atoms with E-state index in [0.29, 0.717) is 18.9 Å². The monoisotopic (exact) mass is 357 g/mol. The van der Waals surface area contributed by atoms with Gasteiger partial charge in [0.15, 0.2) is 0 Å². The molecule has 6 heteroatoms. The van der Waals surface area contributed by atoms with Gasteiger partial charge >= 0.3 is 6.18 Å². The summed E-state index contributed by atoms with van der Waals surface area (Å²) in [5, 5.41) is 0. The van der Waals surface area contributed by atoms with Crippen LogP contribution in [-0.4, -0.2) is 23.1 Å². The van der Waals surface area contributed by atoms with Crippen LogP contribution in [0.1, 0.15) is 29.8 Å². The van der Waals surface area contributed by atoms with Gasteiger partial charge < -0.3 is 4.90 Å². The Labute approximate surface area is 150 Å². The second kappa shape index (κ2) is 7.61. The first kappa shape index (κ1) is 18.0. The first-order chi connectivity index (χ1) is 12.4. The van der Waals surface area contributed by atoms with Crippen molar-refractivity contribution in [3.05, 3.63) is 65.1 Å². The van der Waals surface area contributed by atoms with E-state index in [1.165, 1.54) is 11.6 Å². The molecule has 26 heavy (non-hydrogen) atoms. The highest BCUT2D eigenvalue weighted by Gasteiger charge is 2.31. The normalized spacial score (nSPS) is 14.6. The van der Waals surface area contributed by atoms with E-state index >= 15 is 0 Å². The molecule has 1 aliphatic rings. The number of aromatic nitrogens is 2. The maximum absolute atomic E-state index is 12.6. The standard InChI is InChI=1S/C20H18F3N3/c1-15-4-2-6-18(25-15)7-3-5-16-10-12-26(13-11-16)19-9-8-17(14-24-19)20(21,22)23/h2,4-6,8-9,14H,10-13H2,1H3. The van der Waals surface area contributed by atoms with Gasteiger partial charge in [0.05, 0.1) is 5.56 Å². The molecule has 0 atom stereocenters. The lowest BCUT2D eigenvalue weighted by molar-refractivity contribution is -0.137. The van der Waals surface area contributed by atoms with E-state index in [0.717, 1.165) is 36.5 Å². The van der Waals surface area contributed by atoms with Crippen LogP contribution >= 0.6 is 0 Å². The van der Waals surface area contributed by atoms with Crippen molar-refractivity contribution in [2.75, 3.05) is 18.0 Å². The van der Waals surface area contributed by atoms with Crippen molar-refractivity contribution in [2.45, 2.75) is 25.9 Å². The minimum Gasteiger partial charge on any atom is -0.356 e. The van der Waals surface area contributed by atoms with Crippen molar-refractivity contribution in [3.8, 4) is 11.8 Å². The largest absolute Gasteiger partial charge is 0.417 e. The number of hydrogen-bond acceptors (Lipinski definition) is 3. The van der Waals surface area contributed by atoms with E-state index in [1.807, 2.05) is 36.1 Å². The van der Waals surface area contributed by atoms with E-state index in [2.05, 4.69) is 21.8 Å². The topological polar surface area (TPSA) is 29.0 Å². The Morgan fingerprint density at radius 3 is 2.50 bits per heavy atom. The molecule has 0 N–H and O–H groups in total. The van der Waals surface area contributed by atoms with Crippen molar-refractivity contribution in [1.82, 2.24) is 9.97 Å². The van der Waals surface area contributed by atoms with Crippen LogP contribution in [0.4, 0.5) is 19.0 Å². The molecule has 1 aliphatic heterocycles. The van der Waals surface area contributed by atoms with Crippen LogP contribution in [0.3, 0.4) is 0 Å². The Balaban J connectivity index is 1.59. The first-order valence-corrected chi connectivity index (χ1v) is 8.33. The van der Waals surface area contributed by atoms with Gasteiger partial charge in [-0.3, -0.25) is 0 Å². The number of pyridine rings is 2. The molecule has 3 heterocycles. The molecule has 0 unspecified atom stereocenters. The summed E-state index contributed by atoms with van der Waals surface area (Å²) in [5.74, 6) is 6.65. The van der Waals surface area contributed by atoms with Crippen LogP contribution in [0.25, 0.3) is 0 Å². The van der Waals surface area contributed by atoms with Crippen LogP contribution in [0.15, 0.2) is 48.2 Å². The molecular weight excluding hydrogens is 339 g/mol. The number of halogens is 3. The fourth-order valence-corrected chi connectivity index (χ4v) is 2.73. The fourth-order valence-electron chi connectivity index (χ4n) is 2.73. The Bertz CT molecular complexity index is 848. The predicted molar refractivity (Wildman–Crippen MR) is 94.6 cm³/mol. The van der Waals surface area contributed by atoms with Gasteiger partial charge in [-0.2, -0.15) is 13.2 Å². The van der Waals surface area contributed by atoms with Gasteiger partial charge in [-0.15, -0.1) is 0 Å². The van der Waals surface area contributed by atoms with Crippen LogP contribution in [0.2, 0.25) is 0 Å². The van der Waals surface area contributed by atoms with Crippen molar-refractivity contribution >= 4 is 5.82 Å². The van der Waals surface area contributed by atoms with Crippen LogP contribution in [0.5, 0.6) is 0 Å². The zero-order valence-electron chi connectivity index (χ0n) is 14.3. The number of anilines is 1. The average Bonchev–Trinajstić information content (AvgIpc) is 2.62. The number of alkyl halides is 3. The van der Waals surface area contributed by atoms with Crippen LogP contribution in [0, 0.1) is 18.8 Å². The third-order valence-electron chi connectivity index (χ3n) is 4.17. The van der Waals surface area contributed by atoms with Gasteiger partial charge in [-0.25, -0.2) is 9.97 Å². The van der Waals surface area contributed by atoms with Crippen molar-refractivity contribution in [1.29, 1.82) is 0 Å². The summed E-state index contributed by atoms with van der Waals surface area (Å²) in [6.07, 6.45) is 0.0912. The Kier molecular flexibility index (Phi) is 5.27. The molecule has 2 aromatic rings. The summed E-state index contributed by atoms with van der Waals surface area (Å²) in [6, 6.07) is 8.23. The Hall–Kier alpha value is -2.81. The molecule has 0 aliphatic carbocycles. The summed E-state index contributed by atoms with van der Waals surface area (Å²) in [7, 11) is 0. The molecule has 0 spiro atoms. The molecule has 2 aromatic heterocycles. The number of nitrogens with zero attached hydrogens (tertiary/aromatic N) is 3. The zero-order valence-corrected chi connectivity index (χ0v) is 14.3. The number of rotatable bonds is 1. The van der Waals surface area contributed by atoms with Gasteiger partial charge in [0.25, 0.3) is 0 Å². The molecule has 0 bridgehead atoms. The van der Waals surface area contributed by atoms with E-state index in [1.54, 1.807) is 0 Å². The van der Waals surface area contributed by atoms with Gasteiger partial charge in [-0.05, 0) is 56.0 Å². The summed E-state index contributed by atoms with van der Waals surface area (Å²) < 4.78 is 37.8. The molecule has 3 nitrogen and oxygen atoms in total. The minimum atomic E-state index is -4.35. The van der Waals surface area contributed by atoms with Crippen molar-refractivity contribution < 1.29 is 13.2 Å². The molecule has 0 radical (unpaired) electrons. The van der Waals surface area contributed by atoms with Crippen molar-refractivity contribution in [3.63, 3.8) is 0 Å². The fraction of sp³-hybridized carbons (Fsp3) is 0.300. The summed E-state index contributed by atoms with van der Waals surface area (Å²) in [6.45, 7) is 3.36. The maximum atomic E-state index is 12.6. The summed E-state index contributed by atoms with van der Waals surface area (Å²) >= 11 is 0. The lowest BCUT2D eigenvalue weighted by Crippen LogP contribution is -2.31. The highest BCUT2D eigenvalue weighted by atomic mass is 19.4. The smallest absolute Gasteiger partial charge is 0.356 e. The number of allylic oxidation sites excluding steroid dienone is 1. The second-order valence-electron chi connectivity index (χ2n) is 6.13. The zero-order chi connectivity index (χ0) is 18.6. The quantitative estimate of drug-likeness (QED) is 0.709. The van der Waals surface area contributed by atoms with Gasteiger partial charge in [0, 0.05) is 25.0 Å². The Morgan fingerprint density at radius 1 is 1.12 bits per heavy atom. The SMILES string of the molecule is Cc1cccc(C#CC=C2CCN(c3ccc(C(F)(F)F)cn3)CC2)n1. The molecule has 3 rings (SSSR count). The highest BCUT2D eigenvalue weighted by molar-refractivity contribution is 5.42. The maximum Gasteiger partial charge on any atom is 0.417 e. The van der Waals surface area contributed by atoms with E-state index < -0.39 is 11.7 Å². The van der Waals surface area contributed by atoms with Crippen LogP contribution < -0.4 is 4.90 Å². The highest BCUT2D eigenvalue weighted by Crippen LogP contribution is 2.30. The van der Waals surface area contributed by atoms with E-state index in [-0.39, 0.29) is 0 Å². The number of hydrogen-bond donors (Lipinski definition) is 0. The lowest BCUT2D eigenvalue weighted by Gasteiger charge is -2.29. The molecule has 0 saturated carbocycles. The summed E-state index contributed by atoms with van der Waals surface area (Å²) in [5.41, 5.74) is 2.18. The van der Waals surface area contributed by atoms with Gasteiger partial charge in [-0.1, -0.05) is 17.6 Å². The molecule has 0 aromatic carbocycles. The second-order valence-corrected chi connectivity index (χ2v) is 6.13. The molecule has 1 saturated heterocycles. The third-order valence-corrected chi connectivity index (χ3v) is 4.17. The molecule has 0 amide bonds. The minimum absolute atomic E-state index is 0.576. The lowest BCUT2D eigenvalue weighted by atomic mass is 10.0. The van der Waals surface area contributed by atoms with Crippen molar-refractivity contribution in [2.24, 2.45) is 0 Å². The number of aryl methyl sites for hydroxylation is 1. The molecular formula is C20H18F3N3. The van der Waals surface area contributed by atoms with E-state index in [9.17, 15) is 13.2 Å². The summed E-state index contributed by atoms with van der Waals surface area (Å²) in [4.78, 5) is 10.3. The molecule has 1 fully saturated rings. The first-order valence-electron chi connectivity index (χ1n) is 8.33. The van der Waals surface area contributed by atoms with E-state index in [4.69, 9.17) is 0 Å². The number of piperidine rings is 1. The average molecular weight is 357 g/mol.